The topological polar surface area (TPSA) is 83.0 Å². The first-order valence-electron chi connectivity index (χ1n) is 8.21. The molecule has 0 aliphatic heterocycles. The van der Waals surface area contributed by atoms with Crippen molar-refractivity contribution in [3.05, 3.63) is 83.2 Å². The third kappa shape index (κ3) is 4.57. The van der Waals surface area contributed by atoms with Crippen LogP contribution in [0.3, 0.4) is 0 Å². The van der Waals surface area contributed by atoms with Crippen LogP contribution < -0.4 is 10.5 Å². The number of nitrogens with zero attached hydrogens (tertiary/aromatic N) is 3. The fraction of sp³-hybridized carbons (Fsp3) is 0.150. The van der Waals surface area contributed by atoms with Gasteiger partial charge in [-0.25, -0.2) is 4.68 Å². The Bertz CT molecular complexity index is 899. The van der Waals surface area contributed by atoms with E-state index in [1.165, 1.54) is 0 Å². The van der Waals surface area contributed by atoms with Gasteiger partial charge in [0.25, 0.3) is 0 Å². The van der Waals surface area contributed by atoms with Crippen LogP contribution in [0.5, 0.6) is 5.75 Å². The summed E-state index contributed by atoms with van der Waals surface area (Å²) in [6.07, 6.45) is 3.95. The summed E-state index contributed by atoms with van der Waals surface area (Å²) in [4.78, 5) is 11.8. The Labute approximate surface area is 151 Å². The van der Waals surface area contributed by atoms with E-state index in [1.54, 1.807) is 17.9 Å². The summed E-state index contributed by atoms with van der Waals surface area (Å²) in [5, 5.41) is 8.28. The average molecular weight is 348 g/mol. The molecule has 0 fully saturated rings. The minimum atomic E-state index is -0.460. The van der Waals surface area contributed by atoms with E-state index in [-0.39, 0.29) is 0 Å². The molecule has 6 heteroatoms. The standard InChI is InChI=1S/C20H20N4O2/c1-26-19-9-7-16(8-10-19)13-24-14-18(22-23-24)12-17(20(21)25)11-15-5-3-2-4-6-15/h2-11,14H,12-13H2,1H3,(H2,21,25). The summed E-state index contributed by atoms with van der Waals surface area (Å²) < 4.78 is 6.89. The van der Waals surface area contributed by atoms with Gasteiger partial charge >= 0.3 is 0 Å². The summed E-state index contributed by atoms with van der Waals surface area (Å²) in [7, 11) is 1.64. The molecule has 1 amide bonds. The number of aromatic nitrogens is 3. The second-order valence-electron chi connectivity index (χ2n) is 5.88. The Morgan fingerprint density at radius 1 is 1.15 bits per heavy atom. The number of rotatable bonds is 7. The first-order valence-corrected chi connectivity index (χ1v) is 8.21. The zero-order chi connectivity index (χ0) is 18.4. The van der Waals surface area contributed by atoms with Crippen LogP contribution in [0.2, 0.25) is 0 Å². The van der Waals surface area contributed by atoms with Crippen LogP contribution in [0.1, 0.15) is 16.8 Å². The zero-order valence-electron chi connectivity index (χ0n) is 14.5. The van der Waals surface area contributed by atoms with Crippen LogP contribution in [0.15, 0.2) is 66.4 Å². The van der Waals surface area contributed by atoms with E-state index in [1.807, 2.05) is 60.8 Å². The summed E-state index contributed by atoms with van der Waals surface area (Å²) >= 11 is 0. The lowest BCUT2D eigenvalue weighted by Gasteiger charge is -2.03. The molecule has 0 saturated heterocycles. The van der Waals surface area contributed by atoms with Gasteiger partial charge in [0.1, 0.15) is 5.75 Å². The zero-order valence-corrected chi connectivity index (χ0v) is 14.5. The Hall–Kier alpha value is -3.41. The third-order valence-corrected chi connectivity index (χ3v) is 3.92. The predicted molar refractivity (Wildman–Crippen MR) is 99.4 cm³/mol. The molecule has 1 heterocycles. The Morgan fingerprint density at radius 3 is 2.54 bits per heavy atom. The van der Waals surface area contributed by atoms with E-state index >= 15 is 0 Å². The third-order valence-electron chi connectivity index (χ3n) is 3.92. The first kappa shape index (κ1) is 17.4. The van der Waals surface area contributed by atoms with E-state index in [4.69, 9.17) is 10.5 Å². The highest BCUT2D eigenvalue weighted by Crippen LogP contribution is 2.14. The fourth-order valence-corrected chi connectivity index (χ4v) is 2.57. The molecule has 3 rings (SSSR count). The quantitative estimate of drug-likeness (QED) is 0.665. The number of nitrogens with two attached hydrogens (primary N) is 1. The van der Waals surface area contributed by atoms with Crippen molar-refractivity contribution in [2.24, 2.45) is 5.73 Å². The van der Waals surface area contributed by atoms with Crippen LogP contribution in [0.25, 0.3) is 6.08 Å². The highest BCUT2D eigenvalue weighted by atomic mass is 16.5. The van der Waals surface area contributed by atoms with Crippen LogP contribution in [-0.4, -0.2) is 28.0 Å². The van der Waals surface area contributed by atoms with Crippen molar-refractivity contribution < 1.29 is 9.53 Å². The predicted octanol–water partition coefficient (Wildman–Crippen LogP) is 2.45. The van der Waals surface area contributed by atoms with E-state index in [2.05, 4.69) is 10.3 Å². The Kier molecular flexibility index (Phi) is 5.43. The fourth-order valence-electron chi connectivity index (χ4n) is 2.57. The number of hydrogen-bond donors (Lipinski definition) is 1. The van der Waals surface area contributed by atoms with E-state index < -0.39 is 5.91 Å². The monoisotopic (exact) mass is 348 g/mol. The van der Waals surface area contributed by atoms with Crippen LogP contribution in [-0.2, 0) is 17.8 Å². The molecule has 0 atom stereocenters. The van der Waals surface area contributed by atoms with Gasteiger partial charge in [-0.2, -0.15) is 0 Å². The second-order valence-corrected chi connectivity index (χ2v) is 5.88. The average Bonchev–Trinajstić information content (AvgIpc) is 3.09. The largest absolute Gasteiger partial charge is 0.497 e. The van der Waals surface area contributed by atoms with Gasteiger partial charge in [-0.05, 0) is 29.3 Å². The Balaban J connectivity index is 1.71. The van der Waals surface area contributed by atoms with E-state index in [9.17, 15) is 4.79 Å². The van der Waals surface area contributed by atoms with Gasteiger partial charge in [-0.3, -0.25) is 4.79 Å². The highest BCUT2D eigenvalue weighted by Gasteiger charge is 2.10. The van der Waals surface area contributed by atoms with Crippen molar-refractivity contribution in [2.75, 3.05) is 7.11 Å². The summed E-state index contributed by atoms with van der Waals surface area (Å²) in [5.74, 6) is 0.351. The van der Waals surface area contributed by atoms with Crippen LogP contribution in [0.4, 0.5) is 0 Å². The number of methoxy groups -OCH3 is 1. The second kappa shape index (κ2) is 8.11. The molecule has 0 aliphatic rings. The molecule has 2 N–H and O–H groups in total. The number of amides is 1. The molecule has 3 aromatic rings. The maximum absolute atomic E-state index is 11.8. The lowest BCUT2D eigenvalue weighted by Crippen LogP contribution is -2.15. The van der Waals surface area contributed by atoms with Crippen LogP contribution >= 0.6 is 0 Å². The number of carbonyl (C=O) groups is 1. The molecule has 0 spiro atoms. The summed E-state index contributed by atoms with van der Waals surface area (Å²) in [6, 6.07) is 17.3. The maximum Gasteiger partial charge on any atom is 0.245 e. The smallest absolute Gasteiger partial charge is 0.245 e. The molecule has 1 aromatic heterocycles. The number of carbonyl (C=O) groups excluding carboxylic acids is 1. The summed E-state index contributed by atoms with van der Waals surface area (Å²) in [6.45, 7) is 0.589. The first-order chi connectivity index (χ1) is 12.6. The molecule has 132 valence electrons. The number of benzene rings is 2. The lowest BCUT2D eigenvalue weighted by atomic mass is 10.1. The van der Waals surface area contributed by atoms with Gasteiger partial charge < -0.3 is 10.5 Å². The van der Waals surface area contributed by atoms with Crippen molar-refractivity contribution in [2.45, 2.75) is 13.0 Å². The van der Waals surface area contributed by atoms with Gasteiger partial charge in [-0.1, -0.05) is 47.7 Å². The highest BCUT2D eigenvalue weighted by molar-refractivity contribution is 5.96. The maximum atomic E-state index is 11.8. The number of primary amides is 1. The molecule has 0 radical (unpaired) electrons. The van der Waals surface area contributed by atoms with Gasteiger partial charge in [0.15, 0.2) is 0 Å². The summed E-state index contributed by atoms with van der Waals surface area (Å²) in [5.41, 5.74) is 8.71. The van der Waals surface area contributed by atoms with E-state index in [0.717, 1.165) is 16.9 Å². The van der Waals surface area contributed by atoms with Crippen LogP contribution in [0, 0.1) is 0 Å². The Morgan fingerprint density at radius 2 is 1.88 bits per heavy atom. The normalized spacial score (nSPS) is 11.3. The molecule has 2 aromatic carbocycles. The van der Waals surface area contributed by atoms with Crippen molar-refractivity contribution in [1.82, 2.24) is 15.0 Å². The van der Waals surface area contributed by atoms with Crippen molar-refractivity contribution >= 4 is 12.0 Å². The number of hydrogen-bond acceptors (Lipinski definition) is 4. The molecule has 0 bridgehead atoms. The van der Waals surface area contributed by atoms with Gasteiger partial charge in [-0.15, -0.1) is 5.10 Å². The molecular formula is C20H20N4O2. The minimum Gasteiger partial charge on any atom is -0.497 e. The van der Waals surface area contributed by atoms with Gasteiger partial charge in [0.05, 0.1) is 19.3 Å². The number of ether oxygens (including phenoxy) is 1. The van der Waals surface area contributed by atoms with E-state index in [0.29, 0.717) is 24.2 Å². The molecule has 0 aliphatic carbocycles. The SMILES string of the molecule is COc1ccc(Cn2cc(CC(=Cc3ccccc3)C(N)=O)nn2)cc1. The minimum absolute atomic E-state index is 0.340. The molecule has 6 nitrogen and oxygen atoms in total. The molecule has 0 saturated carbocycles. The molecule has 0 unspecified atom stereocenters. The molecule has 26 heavy (non-hydrogen) atoms. The van der Waals surface area contributed by atoms with Crippen molar-refractivity contribution in [3.63, 3.8) is 0 Å². The van der Waals surface area contributed by atoms with Crippen molar-refractivity contribution in [3.8, 4) is 5.75 Å². The van der Waals surface area contributed by atoms with Gasteiger partial charge in [0, 0.05) is 18.2 Å². The lowest BCUT2D eigenvalue weighted by molar-refractivity contribution is -0.114. The molecular weight excluding hydrogens is 328 g/mol. The van der Waals surface area contributed by atoms with Gasteiger partial charge in [0.2, 0.25) is 5.91 Å². The van der Waals surface area contributed by atoms with Crippen molar-refractivity contribution in [1.29, 1.82) is 0 Å².